The van der Waals surface area contributed by atoms with Gasteiger partial charge in [-0.15, -0.1) is 0 Å². The maximum Gasteiger partial charge on any atom is 0.226 e. The Labute approximate surface area is 177 Å². The molecule has 0 bridgehead atoms. The molecule has 0 N–H and O–H groups in total. The van der Waals surface area contributed by atoms with Crippen LogP contribution in [0.2, 0.25) is 0 Å². The second-order valence-electron chi connectivity index (χ2n) is 7.47. The van der Waals surface area contributed by atoms with Crippen molar-refractivity contribution >= 4 is 17.4 Å². The zero-order chi connectivity index (χ0) is 21.7. The number of aromatic nitrogens is 2. The molecule has 3 aromatic rings. The van der Waals surface area contributed by atoms with Gasteiger partial charge in [0.2, 0.25) is 5.91 Å². The number of rotatable bonds is 7. The molecule has 5 heteroatoms. The van der Waals surface area contributed by atoms with E-state index >= 15 is 0 Å². The van der Waals surface area contributed by atoms with E-state index in [9.17, 15) is 9.59 Å². The van der Waals surface area contributed by atoms with Crippen LogP contribution in [0.25, 0.3) is 11.3 Å². The van der Waals surface area contributed by atoms with Crippen LogP contribution in [0.15, 0.2) is 54.9 Å². The normalized spacial score (nSPS) is 10.7. The molecule has 0 fully saturated rings. The molecular formula is C25H27N3O2. The zero-order valence-electron chi connectivity index (χ0n) is 18.0. The number of hydrogen-bond donors (Lipinski definition) is 0. The zero-order valence-corrected chi connectivity index (χ0v) is 18.0. The fourth-order valence-electron chi connectivity index (χ4n) is 3.34. The van der Waals surface area contributed by atoms with Crippen molar-refractivity contribution in [3.63, 3.8) is 0 Å². The lowest BCUT2D eigenvalue weighted by Crippen LogP contribution is -2.25. The van der Waals surface area contributed by atoms with Gasteiger partial charge in [-0.2, -0.15) is 0 Å². The smallest absolute Gasteiger partial charge is 0.226 e. The first-order chi connectivity index (χ1) is 14.4. The van der Waals surface area contributed by atoms with Crippen LogP contribution in [-0.4, -0.2) is 28.7 Å². The summed E-state index contributed by atoms with van der Waals surface area (Å²) in [7, 11) is 1.79. The number of hydrogen-bond acceptors (Lipinski definition) is 4. The van der Waals surface area contributed by atoms with Gasteiger partial charge in [0.15, 0.2) is 5.78 Å². The van der Waals surface area contributed by atoms with Gasteiger partial charge in [0.05, 0.1) is 5.69 Å². The molecule has 0 saturated carbocycles. The van der Waals surface area contributed by atoms with Crippen molar-refractivity contribution in [2.24, 2.45) is 0 Å². The Morgan fingerprint density at radius 2 is 1.77 bits per heavy atom. The van der Waals surface area contributed by atoms with Crippen LogP contribution in [0.4, 0.5) is 5.69 Å². The molecule has 3 rings (SSSR count). The molecule has 0 radical (unpaired) electrons. The summed E-state index contributed by atoms with van der Waals surface area (Å²) in [6, 6.07) is 13.6. The Morgan fingerprint density at radius 3 is 2.37 bits per heavy atom. The quantitative estimate of drug-likeness (QED) is 0.526. The van der Waals surface area contributed by atoms with Gasteiger partial charge in [0.1, 0.15) is 0 Å². The SMILES string of the molecule is CCC(=O)N(C)c1ccc(-c2ccc(C(=O)CCc3ccc(C)nc3)cn2)cc1C. The van der Waals surface area contributed by atoms with E-state index in [-0.39, 0.29) is 11.7 Å². The fraction of sp³-hybridized carbons (Fsp3) is 0.280. The molecule has 0 spiro atoms. The summed E-state index contributed by atoms with van der Waals surface area (Å²) in [6.45, 7) is 5.78. The van der Waals surface area contributed by atoms with E-state index in [0.717, 1.165) is 33.8 Å². The van der Waals surface area contributed by atoms with Crippen LogP contribution in [0.3, 0.4) is 0 Å². The van der Waals surface area contributed by atoms with Crippen LogP contribution in [0.5, 0.6) is 0 Å². The van der Waals surface area contributed by atoms with Gasteiger partial charge in [0.25, 0.3) is 0 Å². The molecular weight excluding hydrogens is 374 g/mol. The van der Waals surface area contributed by atoms with Crippen LogP contribution < -0.4 is 4.90 Å². The van der Waals surface area contributed by atoms with Crippen LogP contribution in [-0.2, 0) is 11.2 Å². The Morgan fingerprint density at radius 1 is 0.967 bits per heavy atom. The average molecular weight is 402 g/mol. The number of carbonyl (C=O) groups is 2. The molecule has 0 saturated heterocycles. The monoisotopic (exact) mass is 401 g/mol. The summed E-state index contributed by atoms with van der Waals surface area (Å²) in [4.78, 5) is 34.9. The molecule has 154 valence electrons. The summed E-state index contributed by atoms with van der Waals surface area (Å²) < 4.78 is 0. The highest BCUT2D eigenvalue weighted by atomic mass is 16.2. The molecule has 30 heavy (non-hydrogen) atoms. The number of anilines is 1. The van der Waals surface area contributed by atoms with E-state index < -0.39 is 0 Å². The third kappa shape index (κ3) is 4.98. The van der Waals surface area contributed by atoms with E-state index in [1.165, 1.54) is 0 Å². The van der Waals surface area contributed by atoms with Crippen LogP contribution in [0, 0.1) is 13.8 Å². The number of nitrogens with zero attached hydrogens (tertiary/aromatic N) is 3. The number of pyridine rings is 2. The van der Waals surface area contributed by atoms with Gasteiger partial charge >= 0.3 is 0 Å². The molecule has 1 amide bonds. The number of carbonyl (C=O) groups excluding carboxylic acids is 2. The van der Waals surface area contributed by atoms with Gasteiger partial charge < -0.3 is 4.90 Å². The highest BCUT2D eigenvalue weighted by Gasteiger charge is 2.13. The summed E-state index contributed by atoms with van der Waals surface area (Å²) in [5, 5.41) is 0. The lowest BCUT2D eigenvalue weighted by Gasteiger charge is -2.19. The Hall–Kier alpha value is -3.34. The van der Waals surface area contributed by atoms with Gasteiger partial charge in [0, 0.05) is 54.8 Å². The van der Waals surface area contributed by atoms with Crippen LogP contribution in [0.1, 0.15) is 46.9 Å². The van der Waals surface area contributed by atoms with Crippen molar-refractivity contribution in [2.45, 2.75) is 40.0 Å². The first-order valence-electron chi connectivity index (χ1n) is 10.2. The lowest BCUT2D eigenvalue weighted by molar-refractivity contribution is -0.118. The molecule has 0 atom stereocenters. The van der Waals surface area contributed by atoms with Crippen molar-refractivity contribution in [1.29, 1.82) is 0 Å². The van der Waals surface area contributed by atoms with Gasteiger partial charge in [-0.3, -0.25) is 19.6 Å². The topological polar surface area (TPSA) is 63.2 Å². The third-order valence-electron chi connectivity index (χ3n) is 5.23. The molecule has 5 nitrogen and oxygen atoms in total. The van der Waals surface area contributed by atoms with Crippen molar-refractivity contribution in [1.82, 2.24) is 9.97 Å². The highest BCUT2D eigenvalue weighted by Crippen LogP contribution is 2.26. The molecule has 0 unspecified atom stereocenters. The maximum absolute atomic E-state index is 12.5. The highest BCUT2D eigenvalue weighted by molar-refractivity contribution is 5.96. The number of ketones is 1. The molecule has 0 aliphatic heterocycles. The number of amides is 1. The average Bonchev–Trinajstić information content (AvgIpc) is 2.77. The van der Waals surface area contributed by atoms with E-state index in [2.05, 4.69) is 9.97 Å². The molecule has 2 aromatic heterocycles. The van der Waals surface area contributed by atoms with Gasteiger partial charge in [-0.05, 0) is 61.7 Å². The van der Waals surface area contributed by atoms with E-state index in [1.54, 1.807) is 18.1 Å². The Kier molecular flexibility index (Phi) is 6.72. The van der Waals surface area contributed by atoms with Gasteiger partial charge in [-0.25, -0.2) is 0 Å². The standard InChI is InChI=1S/C25H27N3O2/c1-5-25(30)28(4)23-12-10-20(14-17(23)2)22-11-9-21(16-27-22)24(29)13-8-19-7-6-18(3)26-15-19/h6-7,9-12,14-16H,5,8,13H2,1-4H3. The van der Waals surface area contributed by atoms with Gasteiger partial charge in [-0.1, -0.05) is 19.1 Å². The number of Topliss-reactive ketones (excluding diaryl/α,β-unsaturated/α-hetero) is 1. The van der Waals surface area contributed by atoms with Crippen LogP contribution >= 0.6 is 0 Å². The first-order valence-corrected chi connectivity index (χ1v) is 10.2. The maximum atomic E-state index is 12.5. The largest absolute Gasteiger partial charge is 0.315 e. The molecule has 0 aliphatic rings. The summed E-state index contributed by atoms with van der Waals surface area (Å²) in [5.74, 6) is 0.147. The van der Waals surface area contributed by atoms with Crippen molar-refractivity contribution in [2.75, 3.05) is 11.9 Å². The number of benzene rings is 1. The number of aryl methyl sites for hydroxylation is 3. The molecule has 0 aliphatic carbocycles. The van der Waals surface area contributed by atoms with E-state index in [0.29, 0.717) is 24.8 Å². The summed E-state index contributed by atoms with van der Waals surface area (Å²) >= 11 is 0. The molecule has 1 aromatic carbocycles. The van der Waals surface area contributed by atoms with E-state index in [4.69, 9.17) is 0 Å². The minimum absolute atomic E-state index is 0.0702. The Bertz CT molecular complexity index is 1040. The second kappa shape index (κ2) is 9.44. The summed E-state index contributed by atoms with van der Waals surface area (Å²) in [5.41, 5.74) is 6.29. The minimum atomic E-state index is 0.0702. The second-order valence-corrected chi connectivity index (χ2v) is 7.47. The minimum Gasteiger partial charge on any atom is -0.315 e. The van der Waals surface area contributed by atoms with Crippen molar-refractivity contribution in [3.8, 4) is 11.3 Å². The third-order valence-corrected chi connectivity index (χ3v) is 5.23. The van der Waals surface area contributed by atoms with Crippen molar-refractivity contribution in [3.05, 3.63) is 77.2 Å². The summed E-state index contributed by atoms with van der Waals surface area (Å²) in [6.07, 6.45) is 5.02. The lowest BCUT2D eigenvalue weighted by atomic mass is 10.0. The fourth-order valence-corrected chi connectivity index (χ4v) is 3.34. The predicted octanol–water partition coefficient (Wildman–Crippen LogP) is 4.95. The Balaban J connectivity index is 1.69. The molecule has 2 heterocycles. The predicted molar refractivity (Wildman–Crippen MR) is 120 cm³/mol. The first kappa shape index (κ1) is 21.4. The van der Waals surface area contributed by atoms with E-state index in [1.807, 2.05) is 69.4 Å². The van der Waals surface area contributed by atoms with Crippen molar-refractivity contribution < 1.29 is 9.59 Å².